The third kappa shape index (κ3) is 2.12. The standard InChI is InChI=1S/C11H16N2OS/c12-8-3-5-11(13,6-4-8)10(14)9-2-1-7-15-9/h1-2,7-8H,3-6,12-13H2. The van der Waals surface area contributed by atoms with E-state index in [0.717, 1.165) is 17.7 Å². The molecular weight excluding hydrogens is 208 g/mol. The Hall–Kier alpha value is -0.710. The molecule has 1 aliphatic rings. The Morgan fingerprint density at radius 2 is 2.13 bits per heavy atom. The van der Waals surface area contributed by atoms with Crippen LogP contribution in [-0.4, -0.2) is 17.4 Å². The molecule has 3 nitrogen and oxygen atoms in total. The molecule has 1 aromatic heterocycles. The Morgan fingerprint density at radius 3 is 2.67 bits per heavy atom. The maximum Gasteiger partial charge on any atom is 0.192 e. The number of thiophene rings is 1. The number of carbonyl (C=O) groups excluding carboxylic acids is 1. The van der Waals surface area contributed by atoms with E-state index in [4.69, 9.17) is 11.5 Å². The van der Waals surface area contributed by atoms with Crippen LogP contribution in [0.15, 0.2) is 17.5 Å². The molecule has 0 saturated heterocycles. The lowest BCUT2D eigenvalue weighted by Crippen LogP contribution is -2.52. The smallest absolute Gasteiger partial charge is 0.192 e. The van der Waals surface area contributed by atoms with Crippen molar-refractivity contribution in [1.29, 1.82) is 0 Å². The van der Waals surface area contributed by atoms with Crippen molar-refractivity contribution >= 4 is 17.1 Å². The lowest BCUT2D eigenvalue weighted by molar-refractivity contribution is 0.0846. The van der Waals surface area contributed by atoms with E-state index in [-0.39, 0.29) is 11.8 Å². The summed E-state index contributed by atoms with van der Waals surface area (Å²) in [5, 5.41) is 1.91. The van der Waals surface area contributed by atoms with Crippen LogP contribution in [0.2, 0.25) is 0 Å². The SMILES string of the molecule is NC1CCC(N)(C(=O)c2cccs2)CC1. The first-order chi connectivity index (χ1) is 7.12. The second kappa shape index (κ2) is 4.04. The lowest BCUT2D eigenvalue weighted by Gasteiger charge is -2.34. The molecule has 0 aromatic carbocycles. The van der Waals surface area contributed by atoms with Crippen molar-refractivity contribution in [2.45, 2.75) is 37.3 Å². The van der Waals surface area contributed by atoms with Crippen molar-refractivity contribution in [2.24, 2.45) is 11.5 Å². The van der Waals surface area contributed by atoms with Gasteiger partial charge in [-0.15, -0.1) is 11.3 Å². The van der Waals surface area contributed by atoms with E-state index in [2.05, 4.69) is 0 Å². The number of nitrogens with two attached hydrogens (primary N) is 2. The second-order valence-electron chi connectivity index (χ2n) is 4.30. The summed E-state index contributed by atoms with van der Waals surface area (Å²) in [5.74, 6) is 0.0874. The number of ketones is 1. The van der Waals surface area contributed by atoms with E-state index < -0.39 is 5.54 Å². The zero-order valence-corrected chi connectivity index (χ0v) is 9.43. The van der Waals surface area contributed by atoms with Gasteiger partial charge in [0.2, 0.25) is 0 Å². The molecule has 2 rings (SSSR count). The van der Waals surface area contributed by atoms with Gasteiger partial charge in [-0.2, -0.15) is 0 Å². The molecule has 0 amide bonds. The molecule has 1 aromatic rings. The van der Waals surface area contributed by atoms with Crippen molar-refractivity contribution in [3.63, 3.8) is 0 Å². The van der Waals surface area contributed by atoms with E-state index in [1.165, 1.54) is 11.3 Å². The zero-order chi connectivity index (χ0) is 10.9. The predicted molar refractivity (Wildman–Crippen MR) is 62.0 cm³/mol. The van der Waals surface area contributed by atoms with Crippen LogP contribution < -0.4 is 11.5 Å². The molecule has 0 unspecified atom stereocenters. The molecule has 1 fully saturated rings. The highest BCUT2D eigenvalue weighted by atomic mass is 32.1. The third-order valence-corrected chi connectivity index (χ3v) is 3.99. The van der Waals surface area contributed by atoms with E-state index >= 15 is 0 Å². The summed E-state index contributed by atoms with van der Waals surface area (Å²) in [4.78, 5) is 12.9. The fourth-order valence-corrected chi connectivity index (χ4v) is 2.81. The average Bonchev–Trinajstić information content (AvgIpc) is 2.75. The molecule has 1 saturated carbocycles. The van der Waals surface area contributed by atoms with Crippen LogP contribution in [0.3, 0.4) is 0 Å². The van der Waals surface area contributed by atoms with Crippen LogP contribution in [0.25, 0.3) is 0 Å². The molecule has 0 spiro atoms. The Bertz CT molecular complexity index is 339. The molecule has 0 aliphatic heterocycles. The van der Waals surface area contributed by atoms with Crippen LogP contribution in [0.4, 0.5) is 0 Å². The fraction of sp³-hybridized carbons (Fsp3) is 0.545. The van der Waals surface area contributed by atoms with Crippen molar-refractivity contribution in [1.82, 2.24) is 0 Å². The summed E-state index contributed by atoms with van der Waals surface area (Å²) < 4.78 is 0. The highest BCUT2D eigenvalue weighted by molar-refractivity contribution is 7.12. The van der Waals surface area contributed by atoms with Gasteiger partial charge in [-0.25, -0.2) is 0 Å². The van der Waals surface area contributed by atoms with Crippen LogP contribution >= 0.6 is 11.3 Å². The average molecular weight is 224 g/mol. The Balaban J connectivity index is 2.13. The first kappa shape index (κ1) is 10.8. The van der Waals surface area contributed by atoms with Gasteiger partial charge in [0.05, 0.1) is 10.4 Å². The molecule has 15 heavy (non-hydrogen) atoms. The minimum atomic E-state index is -0.666. The molecule has 4 N–H and O–H groups in total. The normalized spacial score (nSPS) is 31.5. The topological polar surface area (TPSA) is 69.1 Å². The molecule has 4 heteroatoms. The first-order valence-electron chi connectivity index (χ1n) is 5.24. The minimum Gasteiger partial charge on any atom is -0.328 e. The van der Waals surface area contributed by atoms with E-state index in [9.17, 15) is 4.79 Å². The quantitative estimate of drug-likeness (QED) is 0.748. The monoisotopic (exact) mass is 224 g/mol. The van der Waals surface area contributed by atoms with Crippen LogP contribution in [0, 0.1) is 0 Å². The van der Waals surface area contributed by atoms with E-state index in [0.29, 0.717) is 12.8 Å². The molecule has 0 bridgehead atoms. The number of hydrogen-bond donors (Lipinski definition) is 2. The van der Waals surface area contributed by atoms with Gasteiger partial charge < -0.3 is 11.5 Å². The van der Waals surface area contributed by atoms with Gasteiger partial charge in [0, 0.05) is 6.04 Å². The summed E-state index contributed by atoms with van der Waals surface area (Å²) in [6.45, 7) is 0. The summed E-state index contributed by atoms with van der Waals surface area (Å²) in [6.07, 6.45) is 3.14. The molecular formula is C11H16N2OS. The molecule has 82 valence electrons. The number of hydrogen-bond acceptors (Lipinski definition) is 4. The Morgan fingerprint density at radius 1 is 1.47 bits per heavy atom. The van der Waals surface area contributed by atoms with Crippen molar-refractivity contribution in [3.05, 3.63) is 22.4 Å². The maximum absolute atomic E-state index is 12.1. The van der Waals surface area contributed by atoms with Crippen LogP contribution in [-0.2, 0) is 0 Å². The molecule has 0 radical (unpaired) electrons. The van der Waals surface area contributed by atoms with Gasteiger partial charge in [-0.1, -0.05) is 6.07 Å². The summed E-state index contributed by atoms with van der Waals surface area (Å²) >= 11 is 1.46. The Labute approximate surface area is 93.5 Å². The molecule has 1 heterocycles. The number of Topliss-reactive ketones (excluding diaryl/α,β-unsaturated/α-hetero) is 1. The fourth-order valence-electron chi connectivity index (χ4n) is 2.04. The van der Waals surface area contributed by atoms with Gasteiger partial charge in [-0.05, 0) is 37.1 Å². The van der Waals surface area contributed by atoms with Gasteiger partial charge in [-0.3, -0.25) is 4.79 Å². The Kier molecular flexibility index (Phi) is 2.91. The van der Waals surface area contributed by atoms with Gasteiger partial charge in [0.25, 0.3) is 0 Å². The van der Waals surface area contributed by atoms with Gasteiger partial charge >= 0.3 is 0 Å². The first-order valence-corrected chi connectivity index (χ1v) is 6.12. The second-order valence-corrected chi connectivity index (χ2v) is 5.25. The molecule has 0 atom stereocenters. The van der Waals surface area contributed by atoms with Crippen molar-refractivity contribution < 1.29 is 4.79 Å². The highest BCUT2D eigenvalue weighted by Gasteiger charge is 2.38. The lowest BCUT2D eigenvalue weighted by atomic mass is 9.77. The van der Waals surface area contributed by atoms with Crippen molar-refractivity contribution in [3.8, 4) is 0 Å². The van der Waals surface area contributed by atoms with Gasteiger partial charge in [0.1, 0.15) is 0 Å². The van der Waals surface area contributed by atoms with Crippen LogP contribution in [0.5, 0.6) is 0 Å². The van der Waals surface area contributed by atoms with E-state index in [1.807, 2.05) is 17.5 Å². The van der Waals surface area contributed by atoms with Gasteiger partial charge in [0.15, 0.2) is 5.78 Å². The zero-order valence-electron chi connectivity index (χ0n) is 8.61. The maximum atomic E-state index is 12.1. The molecule has 1 aliphatic carbocycles. The largest absolute Gasteiger partial charge is 0.328 e. The summed E-state index contributed by atoms with van der Waals surface area (Å²) in [7, 11) is 0. The number of rotatable bonds is 2. The summed E-state index contributed by atoms with van der Waals surface area (Å²) in [6, 6.07) is 3.95. The third-order valence-electron chi connectivity index (χ3n) is 3.12. The van der Waals surface area contributed by atoms with Crippen molar-refractivity contribution in [2.75, 3.05) is 0 Å². The van der Waals surface area contributed by atoms with E-state index in [1.54, 1.807) is 0 Å². The predicted octanol–water partition coefficient (Wildman–Crippen LogP) is 1.53. The summed E-state index contributed by atoms with van der Waals surface area (Å²) in [5.41, 5.74) is 11.3. The number of carbonyl (C=O) groups is 1. The minimum absolute atomic E-state index is 0.0874. The van der Waals surface area contributed by atoms with Crippen LogP contribution in [0.1, 0.15) is 35.4 Å². The highest BCUT2D eigenvalue weighted by Crippen LogP contribution is 2.29.